The van der Waals surface area contributed by atoms with Gasteiger partial charge in [0.2, 0.25) is 10.0 Å². The average Bonchev–Trinajstić information content (AvgIpc) is 2.59. The van der Waals surface area contributed by atoms with Crippen LogP contribution in [0.3, 0.4) is 0 Å². The van der Waals surface area contributed by atoms with Crippen molar-refractivity contribution < 1.29 is 18.3 Å². The van der Waals surface area contributed by atoms with Crippen molar-refractivity contribution in [3.05, 3.63) is 53.1 Å². The summed E-state index contributed by atoms with van der Waals surface area (Å²) in [6, 6.07) is 9.48. The molecule has 28 heavy (non-hydrogen) atoms. The zero-order valence-electron chi connectivity index (χ0n) is 16.5. The van der Waals surface area contributed by atoms with E-state index in [4.69, 9.17) is 5.14 Å². The molecule has 3 rings (SSSR count). The van der Waals surface area contributed by atoms with Gasteiger partial charge >= 0.3 is 0 Å². The van der Waals surface area contributed by atoms with Crippen LogP contribution in [0.4, 0.5) is 5.69 Å². The van der Waals surface area contributed by atoms with Gasteiger partial charge in [0.25, 0.3) is 5.91 Å². The molecule has 150 valence electrons. The third-order valence-electron chi connectivity index (χ3n) is 5.64. The first-order chi connectivity index (χ1) is 12.8. The molecule has 2 aromatic rings. The number of fused-ring (bicyclic) bond motifs is 1. The molecular formula is C21H26N2O4S. The van der Waals surface area contributed by atoms with Crippen molar-refractivity contribution in [2.24, 2.45) is 5.14 Å². The Hall–Kier alpha value is -2.38. The molecule has 1 amide bonds. The maximum absolute atomic E-state index is 12.8. The van der Waals surface area contributed by atoms with Crippen molar-refractivity contribution in [2.75, 3.05) is 5.32 Å². The highest BCUT2D eigenvalue weighted by molar-refractivity contribution is 7.89. The lowest BCUT2D eigenvalue weighted by Crippen LogP contribution is -2.34. The highest BCUT2D eigenvalue weighted by atomic mass is 32.2. The first kappa shape index (κ1) is 20.4. The van der Waals surface area contributed by atoms with E-state index in [2.05, 4.69) is 33.0 Å². The SMILES string of the molecule is CC1(C)CCC(C)(C)c2cc(C(=O)Nc3ccc(O)c(S(N)(=O)=O)c3)ccc21. The summed E-state index contributed by atoms with van der Waals surface area (Å²) in [6.45, 7) is 8.79. The van der Waals surface area contributed by atoms with Crippen LogP contribution in [-0.4, -0.2) is 19.4 Å². The average molecular weight is 403 g/mol. The second kappa shape index (κ2) is 6.60. The zero-order valence-corrected chi connectivity index (χ0v) is 17.4. The number of hydrogen-bond donors (Lipinski definition) is 3. The normalized spacial score (nSPS) is 17.6. The Morgan fingerprint density at radius 1 is 1.00 bits per heavy atom. The summed E-state index contributed by atoms with van der Waals surface area (Å²) >= 11 is 0. The van der Waals surface area contributed by atoms with E-state index in [0.29, 0.717) is 5.56 Å². The third-order valence-corrected chi connectivity index (χ3v) is 6.58. The Balaban J connectivity index is 1.95. The van der Waals surface area contributed by atoms with Gasteiger partial charge < -0.3 is 10.4 Å². The Labute approximate surface area is 165 Å². The molecule has 0 radical (unpaired) electrons. The highest BCUT2D eigenvalue weighted by Crippen LogP contribution is 2.45. The van der Waals surface area contributed by atoms with Gasteiger partial charge in [-0.2, -0.15) is 0 Å². The zero-order chi connectivity index (χ0) is 20.9. The molecule has 1 aliphatic rings. The smallest absolute Gasteiger partial charge is 0.255 e. The van der Waals surface area contributed by atoms with Crippen molar-refractivity contribution in [1.29, 1.82) is 0 Å². The van der Waals surface area contributed by atoms with Crippen molar-refractivity contribution in [3.8, 4) is 5.75 Å². The largest absolute Gasteiger partial charge is 0.507 e. The molecule has 0 saturated heterocycles. The number of nitrogens with two attached hydrogens (primary N) is 1. The van der Waals surface area contributed by atoms with Gasteiger partial charge in [-0.3, -0.25) is 4.79 Å². The molecular weight excluding hydrogens is 376 g/mol. The molecule has 0 saturated carbocycles. The lowest BCUT2D eigenvalue weighted by Gasteiger charge is -2.42. The molecule has 0 unspecified atom stereocenters. The Kier molecular flexibility index (Phi) is 4.80. The van der Waals surface area contributed by atoms with Gasteiger partial charge in [0.15, 0.2) is 0 Å². The molecule has 0 heterocycles. The number of amides is 1. The molecule has 0 spiro atoms. The third kappa shape index (κ3) is 3.77. The Morgan fingerprint density at radius 3 is 2.21 bits per heavy atom. The number of anilines is 1. The molecule has 0 aromatic heterocycles. The maximum atomic E-state index is 12.8. The molecule has 1 aliphatic carbocycles. The van der Waals surface area contributed by atoms with Crippen LogP contribution >= 0.6 is 0 Å². The number of phenols is 1. The molecule has 4 N–H and O–H groups in total. The summed E-state index contributed by atoms with van der Waals surface area (Å²) in [5.41, 5.74) is 3.18. The van der Waals surface area contributed by atoms with Crippen molar-refractivity contribution in [1.82, 2.24) is 0 Å². The summed E-state index contributed by atoms with van der Waals surface area (Å²) in [5, 5.41) is 17.5. The summed E-state index contributed by atoms with van der Waals surface area (Å²) in [7, 11) is -4.10. The van der Waals surface area contributed by atoms with E-state index >= 15 is 0 Å². The van der Waals surface area contributed by atoms with Gasteiger partial charge in [-0.25, -0.2) is 13.6 Å². The molecule has 6 nitrogen and oxygen atoms in total. The number of hydrogen-bond acceptors (Lipinski definition) is 4. The van der Waals surface area contributed by atoms with Gasteiger partial charge in [-0.05, 0) is 65.1 Å². The minimum atomic E-state index is -4.10. The fraction of sp³-hybridized carbons (Fsp3) is 0.381. The van der Waals surface area contributed by atoms with Crippen molar-refractivity contribution in [3.63, 3.8) is 0 Å². The number of primary sulfonamides is 1. The van der Waals surface area contributed by atoms with E-state index in [9.17, 15) is 18.3 Å². The van der Waals surface area contributed by atoms with Crippen LogP contribution in [0.5, 0.6) is 5.75 Å². The number of phenolic OH excluding ortho intramolecular Hbond substituents is 1. The van der Waals surface area contributed by atoms with Crippen LogP contribution in [0.1, 0.15) is 62.0 Å². The second-order valence-electron chi connectivity index (χ2n) is 8.71. The van der Waals surface area contributed by atoms with Crippen molar-refractivity contribution in [2.45, 2.75) is 56.3 Å². The minimum absolute atomic E-state index is 0.0273. The predicted molar refractivity (Wildman–Crippen MR) is 109 cm³/mol. The van der Waals surface area contributed by atoms with Crippen LogP contribution in [0.25, 0.3) is 0 Å². The van der Waals surface area contributed by atoms with Gasteiger partial charge in [-0.15, -0.1) is 0 Å². The first-order valence-corrected chi connectivity index (χ1v) is 10.7. The molecule has 0 aliphatic heterocycles. The number of nitrogens with one attached hydrogen (secondary N) is 1. The van der Waals surface area contributed by atoms with Gasteiger partial charge in [-0.1, -0.05) is 33.8 Å². The highest BCUT2D eigenvalue weighted by Gasteiger charge is 2.37. The quantitative estimate of drug-likeness (QED) is 0.681. The summed E-state index contributed by atoms with van der Waals surface area (Å²) in [6.07, 6.45) is 2.12. The lowest BCUT2D eigenvalue weighted by molar-refractivity contribution is 0.102. The Bertz CT molecular complexity index is 1060. The number of rotatable bonds is 3. The van der Waals surface area contributed by atoms with Crippen LogP contribution in [0.2, 0.25) is 0 Å². The molecule has 0 fully saturated rings. The van der Waals surface area contributed by atoms with Gasteiger partial charge in [0.05, 0.1) is 0 Å². The second-order valence-corrected chi connectivity index (χ2v) is 10.2. The first-order valence-electron chi connectivity index (χ1n) is 9.13. The molecule has 0 bridgehead atoms. The number of sulfonamides is 1. The van der Waals surface area contributed by atoms with Crippen LogP contribution < -0.4 is 10.5 Å². The van der Waals surface area contributed by atoms with E-state index in [1.807, 2.05) is 12.1 Å². The predicted octanol–water partition coefficient (Wildman–Crippen LogP) is 3.64. The van der Waals surface area contributed by atoms with E-state index in [0.717, 1.165) is 24.5 Å². The van der Waals surface area contributed by atoms with Crippen LogP contribution in [-0.2, 0) is 20.9 Å². The van der Waals surface area contributed by atoms with E-state index in [1.165, 1.54) is 17.7 Å². The van der Waals surface area contributed by atoms with Crippen LogP contribution in [0.15, 0.2) is 41.3 Å². The fourth-order valence-electron chi connectivity index (χ4n) is 3.75. The fourth-order valence-corrected chi connectivity index (χ4v) is 4.40. The topological polar surface area (TPSA) is 109 Å². The van der Waals surface area contributed by atoms with E-state index < -0.39 is 20.7 Å². The monoisotopic (exact) mass is 402 g/mol. The molecule has 0 atom stereocenters. The Morgan fingerprint density at radius 2 is 1.61 bits per heavy atom. The molecule has 7 heteroatoms. The maximum Gasteiger partial charge on any atom is 0.255 e. The molecule has 2 aromatic carbocycles. The van der Waals surface area contributed by atoms with E-state index in [1.54, 1.807) is 6.07 Å². The lowest BCUT2D eigenvalue weighted by atomic mass is 9.63. The number of carbonyl (C=O) groups is 1. The summed E-state index contributed by atoms with van der Waals surface area (Å²) in [5.74, 6) is -0.814. The number of carbonyl (C=O) groups excluding carboxylic acids is 1. The van der Waals surface area contributed by atoms with E-state index in [-0.39, 0.29) is 22.4 Å². The van der Waals surface area contributed by atoms with Gasteiger partial charge in [0, 0.05) is 11.3 Å². The van der Waals surface area contributed by atoms with Gasteiger partial charge in [0.1, 0.15) is 10.6 Å². The van der Waals surface area contributed by atoms with Crippen LogP contribution in [0, 0.1) is 0 Å². The summed E-state index contributed by atoms with van der Waals surface area (Å²) in [4.78, 5) is 12.3. The van der Waals surface area contributed by atoms with Crippen molar-refractivity contribution >= 4 is 21.6 Å². The minimum Gasteiger partial charge on any atom is -0.507 e. The standard InChI is InChI=1S/C21H26N2O4S/c1-20(2)9-10-21(3,4)16-11-13(5-7-15(16)20)19(25)23-14-6-8-17(24)18(12-14)28(22,26)27/h5-8,11-12,24H,9-10H2,1-4H3,(H,23,25)(H2,22,26,27). The number of aromatic hydroxyl groups is 1. The summed E-state index contributed by atoms with van der Waals surface area (Å²) < 4.78 is 23.1. The number of benzene rings is 2.